The maximum atomic E-state index is 12.4. The Balaban J connectivity index is 2.21. The first-order valence-corrected chi connectivity index (χ1v) is 8.42. The number of hydrogen-bond donors (Lipinski definition) is 0. The molecule has 3 aromatic carbocycles. The molecule has 0 radical (unpaired) electrons. The summed E-state index contributed by atoms with van der Waals surface area (Å²) in [7, 11) is 3.40. The van der Waals surface area contributed by atoms with Gasteiger partial charge in [0.05, 0.1) is 0 Å². The van der Waals surface area contributed by atoms with Gasteiger partial charge in [-0.05, 0) is 24.3 Å². The molecular formula is C22H21N3O. The van der Waals surface area contributed by atoms with Gasteiger partial charge in [-0.15, -0.1) is 0 Å². The van der Waals surface area contributed by atoms with Crippen molar-refractivity contribution < 1.29 is 4.79 Å². The van der Waals surface area contributed by atoms with Crippen molar-refractivity contribution in [2.45, 2.75) is 0 Å². The van der Waals surface area contributed by atoms with Crippen molar-refractivity contribution in [1.29, 1.82) is 0 Å². The molecule has 0 aromatic heterocycles. The van der Waals surface area contributed by atoms with Crippen LogP contribution >= 0.6 is 0 Å². The Morgan fingerprint density at radius 2 is 1.12 bits per heavy atom. The van der Waals surface area contributed by atoms with Crippen molar-refractivity contribution in [2.24, 2.45) is 4.99 Å². The van der Waals surface area contributed by atoms with Crippen LogP contribution in [0.25, 0.3) is 0 Å². The van der Waals surface area contributed by atoms with Crippen LogP contribution in [0.3, 0.4) is 0 Å². The van der Waals surface area contributed by atoms with Crippen molar-refractivity contribution in [2.75, 3.05) is 19.0 Å². The molecule has 0 bridgehead atoms. The number of aliphatic imine (C=N–C) groups is 1. The molecule has 4 nitrogen and oxygen atoms in total. The highest BCUT2D eigenvalue weighted by Crippen LogP contribution is 2.28. The molecule has 4 heteroatoms. The summed E-state index contributed by atoms with van der Waals surface area (Å²) in [6.45, 7) is 0. The van der Waals surface area contributed by atoms with Crippen LogP contribution in [0.4, 0.5) is 16.2 Å². The Labute approximate surface area is 154 Å². The van der Waals surface area contributed by atoms with Gasteiger partial charge in [0.15, 0.2) is 5.84 Å². The third kappa shape index (κ3) is 3.98. The first kappa shape index (κ1) is 17.4. The third-order valence-electron chi connectivity index (χ3n) is 3.86. The summed E-state index contributed by atoms with van der Waals surface area (Å²) in [6.07, 6.45) is 0. The summed E-state index contributed by atoms with van der Waals surface area (Å²) in [6, 6.07) is 29.3. The molecule has 3 aromatic rings. The van der Waals surface area contributed by atoms with Crippen LogP contribution in [0.2, 0.25) is 0 Å². The molecule has 0 N–H and O–H groups in total. The van der Waals surface area contributed by atoms with Crippen LogP contribution in [0.15, 0.2) is 96.0 Å². The molecule has 0 aliphatic heterocycles. The van der Waals surface area contributed by atoms with Crippen LogP contribution in [-0.2, 0) is 0 Å². The molecule has 2 amide bonds. The van der Waals surface area contributed by atoms with Crippen LogP contribution in [0.1, 0.15) is 5.56 Å². The van der Waals surface area contributed by atoms with Crippen molar-refractivity contribution in [1.82, 2.24) is 4.90 Å². The van der Waals surface area contributed by atoms with E-state index in [1.54, 1.807) is 14.1 Å². The van der Waals surface area contributed by atoms with Gasteiger partial charge in [-0.1, -0.05) is 66.7 Å². The number of hydrogen-bond acceptors (Lipinski definition) is 1. The average Bonchev–Trinajstić information content (AvgIpc) is 2.69. The van der Waals surface area contributed by atoms with Crippen LogP contribution in [0, 0.1) is 0 Å². The van der Waals surface area contributed by atoms with Crippen LogP contribution in [-0.4, -0.2) is 30.9 Å². The number of carbonyl (C=O) groups excluding carboxylic acids is 1. The van der Waals surface area contributed by atoms with Gasteiger partial charge >= 0.3 is 6.03 Å². The van der Waals surface area contributed by atoms with Gasteiger partial charge in [-0.3, -0.25) is 4.90 Å². The smallest absolute Gasteiger partial charge is 0.329 e. The predicted molar refractivity (Wildman–Crippen MR) is 107 cm³/mol. The van der Waals surface area contributed by atoms with E-state index in [4.69, 9.17) is 0 Å². The first-order chi connectivity index (χ1) is 12.7. The van der Waals surface area contributed by atoms with Crippen LogP contribution < -0.4 is 4.90 Å². The van der Waals surface area contributed by atoms with Gasteiger partial charge in [0.1, 0.15) is 0 Å². The number of nitrogens with zero attached hydrogens (tertiary/aromatic N) is 3. The van der Waals surface area contributed by atoms with Gasteiger partial charge in [0.2, 0.25) is 0 Å². The number of amides is 2. The lowest BCUT2D eigenvalue weighted by molar-refractivity contribution is 0.227. The minimum absolute atomic E-state index is 0.305. The number of anilines is 2. The second-order valence-electron chi connectivity index (χ2n) is 5.98. The molecular weight excluding hydrogens is 322 g/mol. The van der Waals surface area contributed by atoms with Gasteiger partial charge in [-0.25, -0.2) is 4.79 Å². The number of urea groups is 1. The highest BCUT2D eigenvalue weighted by molar-refractivity contribution is 6.17. The molecule has 26 heavy (non-hydrogen) atoms. The van der Waals surface area contributed by atoms with E-state index in [9.17, 15) is 4.79 Å². The summed E-state index contributed by atoms with van der Waals surface area (Å²) in [5, 5.41) is 0. The van der Waals surface area contributed by atoms with E-state index in [1.165, 1.54) is 4.90 Å². The summed E-state index contributed by atoms with van der Waals surface area (Å²) >= 11 is 0. The van der Waals surface area contributed by atoms with Crippen molar-refractivity contribution >= 4 is 23.2 Å². The van der Waals surface area contributed by atoms with Crippen molar-refractivity contribution in [3.05, 3.63) is 96.6 Å². The molecule has 0 atom stereocenters. The maximum absolute atomic E-state index is 12.4. The fourth-order valence-corrected chi connectivity index (χ4v) is 2.57. The normalized spacial score (nSPS) is 11.1. The van der Waals surface area contributed by atoms with E-state index in [-0.39, 0.29) is 6.03 Å². The predicted octanol–water partition coefficient (Wildman–Crippen LogP) is 4.95. The van der Waals surface area contributed by atoms with Gasteiger partial charge < -0.3 is 4.90 Å². The fraction of sp³-hybridized carbons (Fsp3) is 0.0909. The zero-order chi connectivity index (χ0) is 18.4. The van der Waals surface area contributed by atoms with E-state index in [2.05, 4.69) is 4.99 Å². The topological polar surface area (TPSA) is 35.9 Å². The Morgan fingerprint density at radius 1 is 0.692 bits per heavy atom. The van der Waals surface area contributed by atoms with E-state index in [0.29, 0.717) is 5.84 Å². The van der Waals surface area contributed by atoms with Gasteiger partial charge in [-0.2, -0.15) is 4.99 Å². The summed E-state index contributed by atoms with van der Waals surface area (Å²) in [4.78, 5) is 20.3. The zero-order valence-electron chi connectivity index (χ0n) is 14.9. The standard InChI is InChI=1S/C22H21N3O/c1-24(2)22(26)23-21(18-12-6-3-7-13-18)25(19-14-8-4-9-15-19)20-16-10-5-11-17-20/h3-17H,1-2H3/b23-21-. The van der Waals surface area contributed by atoms with Crippen molar-refractivity contribution in [3.63, 3.8) is 0 Å². The molecule has 0 spiro atoms. The average molecular weight is 343 g/mol. The molecule has 0 heterocycles. The second-order valence-corrected chi connectivity index (χ2v) is 5.98. The Morgan fingerprint density at radius 3 is 1.54 bits per heavy atom. The molecule has 0 fully saturated rings. The molecule has 0 aliphatic rings. The molecule has 130 valence electrons. The van der Waals surface area contributed by atoms with Gasteiger partial charge in [0.25, 0.3) is 0 Å². The Hall–Kier alpha value is -3.40. The monoisotopic (exact) mass is 343 g/mol. The lowest BCUT2D eigenvalue weighted by Gasteiger charge is -2.27. The molecule has 0 saturated carbocycles. The minimum Gasteiger partial charge on any atom is -0.329 e. The number of benzene rings is 3. The largest absolute Gasteiger partial charge is 0.345 e. The quantitative estimate of drug-likeness (QED) is 0.498. The highest BCUT2D eigenvalue weighted by atomic mass is 16.2. The molecule has 0 aliphatic carbocycles. The van der Waals surface area contributed by atoms with E-state index in [1.807, 2.05) is 95.9 Å². The number of rotatable bonds is 3. The lowest BCUT2D eigenvalue weighted by atomic mass is 10.1. The SMILES string of the molecule is CN(C)C(=O)/N=C(/c1ccccc1)N(c1ccccc1)c1ccccc1. The minimum atomic E-state index is -0.305. The summed E-state index contributed by atoms with van der Waals surface area (Å²) < 4.78 is 0. The number of amidine groups is 1. The Bertz CT molecular complexity index is 836. The molecule has 0 saturated heterocycles. The van der Waals surface area contributed by atoms with Gasteiger partial charge in [0, 0.05) is 31.0 Å². The first-order valence-electron chi connectivity index (χ1n) is 8.42. The maximum Gasteiger partial charge on any atom is 0.345 e. The highest BCUT2D eigenvalue weighted by Gasteiger charge is 2.19. The summed E-state index contributed by atoms with van der Waals surface area (Å²) in [5.41, 5.74) is 2.75. The van der Waals surface area contributed by atoms with Crippen molar-refractivity contribution in [3.8, 4) is 0 Å². The molecule has 3 rings (SSSR count). The number of para-hydroxylation sites is 2. The van der Waals surface area contributed by atoms with E-state index >= 15 is 0 Å². The number of carbonyl (C=O) groups is 1. The Kier molecular flexibility index (Phi) is 5.44. The zero-order valence-corrected chi connectivity index (χ0v) is 14.9. The second kappa shape index (κ2) is 8.12. The van der Waals surface area contributed by atoms with E-state index in [0.717, 1.165) is 16.9 Å². The van der Waals surface area contributed by atoms with E-state index < -0.39 is 0 Å². The molecule has 0 unspecified atom stereocenters. The van der Waals surface area contributed by atoms with Crippen LogP contribution in [0.5, 0.6) is 0 Å². The fourth-order valence-electron chi connectivity index (χ4n) is 2.57. The summed E-state index contributed by atoms with van der Waals surface area (Å²) in [5.74, 6) is 0.585. The lowest BCUT2D eigenvalue weighted by Crippen LogP contribution is -2.30. The third-order valence-corrected chi connectivity index (χ3v) is 3.86.